The summed E-state index contributed by atoms with van der Waals surface area (Å²) in [6.07, 6.45) is 15.1. The van der Waals surface area contributed by atoms with E-state index in [1.54, 1.807) is 6.20 Å². The Hall–Kier alpha value is -1.24. The predicted molar refractivity (Wildman–Crippen MR) is 133 cm³/mol. The number of aliphatic hydroxyl groups excluding tert-OH is 2. The summed E-state index contributed by atoms with van der Waals surface area (Å²) in [6, 6.07) is 3.94. The minimum atomic E-state index is -0.805. The molecular formula is C28H37ClN2O3. The van der Waals surface area contributed by atoms with Crippen LogP contribution in [0.15, 0.2) is 42.3 Å². The fourth-order valence-electron chi connectivity index (χ4n) is 8.51. The maximum atomic E-state index is 11.2. The number of likely N-dealkylation sites (N-methyl/N-ethyl adjacent to an activating group) is 1. The Balaban J connectivity index is 1.34. The Morgan fingerprint density at radius 3 is 2.68 bits per heavy atom. The number of aromatic nitrogens is 1. The van der Waals surface area contributed by atoms with E-state index in [1.165, 1.54) is 5.57 Å². The fraction of sp³-hybridized carbons (Fsp3) is 0.679. The van der Waals surface area contributed by atoms with Crippen LogP contribution in [0, 0.1) is 17.3 Å². The van der Waals surface area contributed by atoms with E-state index in [-0.39, 0.29) is 17.4 Å². The van der Waals surface area contributed by atoms with Crippen LogP contribution in [0.2, 0.25) is 0 Å². The minimum absolute atomic E-state index is 0.0171. The van der Waals surface area contributed by atoms with Crippen LogP contribution < -0.4 is 0 Å². The van der Waals surface area contributed by atoms with Crippen molar-refractivity contribution in [3.05, 3.63) is 47.8 Å². The molecule has 3 heterocycles. The summed E-state index contributed by atoms with van der Waals surface area (Å²) in [6.45, 7) is 2.40. The highest BCUT2D eigenvalue weighted by atomic mass is 35.5. The Morgan fingerprint density at radius 2 is 1.94 bits per heavy atom. The van der Waals surface area contributed by atoms with E-state index in [9.17, 15) is 10.2 Å². The van der Waals surface area contributed by atoms with Gasteiger partial charge in [0.25, 0.3) is 0 Å². The second-order valence-electron chi connectivity index (χ2n) is 12.0. The molecule has 2 bridgehead atoms. The number of rotatable bonds is 3. The molecule has 2 spiro atoms. The molecule has 5 aliphatic rings. The fourth-order valence-corrected chi connectivity index (χ4v) is 9.04. The van der Waals surface area contributed by atoms with Crippen LogP contribution in [0.5, 0.6) is 0 Å². The molecule has 3 unspecified atom stereocenters. The van der Waals surface area contributed by atoms with Crippen LogP contribution in [0.4, 0.5) is 0 Å². The number of nitrogens with zero attached hydrogens (tertiary/aromatic N) is 2. The van der Waals surface area contributed by atoms with Gasteiger partial charge in [0.2, 0.25) is 0 Å². The van der Waals surface area contributed by atoms with Gasteiger partial charge in [0.1, 0.15) is 0 Å². The lowest BCUT2D eigenvalue weighted by Gasteiger charge is -2.65. The average molecular weight is 485 g/mol. The van der Waals surface area contributed by atoms with Crippen molar-refractivity contribution in [1.82, 2.24) is 9.88 Å². The Labute approximate surface area is 207 Å². The normalized spacial score (nSPS) is 49.6. The van der Waals surface area contributed by atoms with E-state index in [2.05, 4.69) is 36.2 Å². The van der Waals surface area contributed by atoms with Crippen LogP contribution in [-0.2, 0) is 4.74 Å². The van der Waals surface area contributed by atoms with Crippen molar-refractivity contribution in [2.45, 2.75) is 86.2 Å². The SMILES string of the molecule is CN(C)[C@H]1C[C@@]23CC[C@]4(O2)C2CC=C(/C=C/c5cccnc5)[C@@]2(C)CCC4(Cl)CC3[C@@H](O)[C@@H]1O. The largest absolute Gasteiger partial charge is 0.390 e. The van der Waals surface area contributed by atoms with Crippen LogP contribution >= 0.6 is 11.6 Å². The first-order valence-electron chi connectivity index (χ1n) is 12.8. The highest BCUT2D eigenvalue weighted by molar-refractivity contribution is 6.25. The molecule has 2 saturated heterocycles. The number of aliphatic hydroxyl groups is 2. The van der Waals surface area contributed by atoms with Crippen molar-refractivity contribution in [2.75, 3.05) is 14.1 Å². The first-order valence-corrected chi connectivity index (χ1v) is 13.2. The van der Waals surface area contributed by atoms with Gasteiger partial charge < -0.3 is 19.8 Å². The molecule has 6 rings (SSSR count). The van der Waals surface area contributed by atoms with E-state index in [0.717, 1.165) is 50.5 Å². The molecule has 0 aromatic carbocycles. The maximum Gasteiger partial charge on any atom is 0.0958 e. The third kappa shape index (κ3) is 2.97. The van der Waals surface area contributed by atoms with E-state index >= 15 is 0 Å². The average Bonchev–Trinajstić information content (AvgIpc) is 3.34. The molecule has 0 amide bonds. The van der Waals surface area contributed by atoms with Crippen molar-refractivity contribution in [1.29, 1.82) is 0 Å². The van der Waals surface area contributed by atoms with Gasteiger partial charge in [0.05, 0.1) is 28.3 Å². The summed E-state index contributed by atoms with van der Waals surface area (Å²) in [7, 11) is 3.97. The molecule has 3 aliphatic carbocycles. The van der Waals surface area contributed by atoms with Gasteiger partial charge in [0.15, 0.2) is 0 Å². The van der Waals surface area contributed by atoms with Crippen molar-refractivity contribution in [2.24, 2.45) is 17.3 Å². The standard InChI is InChI=1S/C28H37ClN2O3/c1-25-10-12-27(29)15-20-23(32)24(33)21(31(2)3)16-26(20)11-13-28(27,34-26)22(25)9-8-19(25)7-6-18-5-4-14-30-17-18/h4-8,14,17,20-24,32-33H,9-13,15-16H2,1-3H3/b7-6+/t20?,21-,22?,23+,24+,25+,26+,27?,28-/m0/s1. The molecular weight excluding hydrogens is 448 g/mol. The zero-order chi connectivity index (χ0) is 23.9. The van der Waals surface area contributed by atoms with Gasteiger partial charge in [-0.25, -0.2) is 0 Å². The van der Waals surface area contributed by atoms with Gasteiger partial charge in [-0.15, -0.1) is 11.6 Å². The van der Waals surface area contributed by atoms with Gasteiger partial charge in [-0.1, -0.05) is 31.2 Å². The van der Waals surface area contributed by atoms with E-state index in [4.69, 9.17) is 16.3 Å². The van der Waals surface area contributed by atoms with Crippen molar-refractivity contribution in [3.63, 3.8) is 0 Å². The first-order chi connectivity index (χ1) is 16.1. The Bertz CT molecular complexity index is 1030. The zero-order valence-electron chi connectivity index (χ0n) is 20.5. The lowest BCUT2D eigenvalue weighted by Crippen LogP contribution is -2.72. The number of halogens is 1. The number of hydrogen-bond acceptors (Lipinski definition) is 5. The minimum Gasteiger partial charge on any atom is -0.390 e. The molecule has 2 N–H and O–H groups in total. The van der Waals surface area contributed by atoms with Crippen molar-refractivity contribution < 1.29 is 14.9 Å². The molecule has 1 aromatic rings. The highest BCUT2D eigenvalue weighted by Crippen LogP contribution is 2.72. The molecule has 2 aliphatic heterocycles. The van der Waals surface area contributed by atoms with E-state index in [0.29, 0.717) is 5.92 Å². The number of alkyl halides is 1. The molecule has 9 atom stereocenters. The monoisotopic (exact) mass is 484 g/mol. The summed E-state index contributed by atoms with van der Waals surface area (Å²) >= 11 is 7.56. The molecule has 5 nitrogen and oxygen atoms in total. The van der Waals surface area contributed by atoms with Crippen LogP contribution in [0.1, 0.15) is 57.4 Å². The summed E-state index contributed by atoms with van der Waals surface area (Å²) in [5.41, 5.74) is 1.71. The Morgan fingerprint density at radius 1 is 1.12 bits per heavy atom. The van der Waals surface area contributed by atoms with Gasteiger partial charge in [-0.3, -0.25) is 4.98 Å². The van der Waals surface area contributed by atoms with Crippen molar-refractivity contribution in [3.8, 4) is 0 Å². The van der Waals surface area contributed by atoms with E-state index in [1.807, 2.05) is 31.3 Å². The third-order valence-electron chi connectivity index (χ3n) is 10.4. The molecule has 1 aromatic heterocycles. The highest BCUT2D eigenvalue weighted by Gasteiger charge is 2.76. The second-order valence-corrected chi connectivity index (χ2v) is 12.8. The van der Waals surface area contributed by atoms with Gasteiger partial charge in [-0.05, 0) is 81.7 Å². The number of pyridine rings is 1. The summed E-state index contributed by atoms with van der Waals surface area (Å²) in [5.74, 6) is 0.206. The van der Waals surface area contributed by atoms with Crippen LogP contribution in [0.3, 0.4) is 0 Å². The second kappa shape index (κ2) is 7.63. The molecule has 6 heteroatoms. The van der Waals surface area contributed by atoms with Crippen LogP contribution in [-0.4, -0.2) is 68.5 Å². The van der Waals surface area contributed by atoms with Gasteiger partial charge in [-0.2, -0.15) is 0 Å². The number of fused-ring (bicyclic) bond motifs is 1. The number of allylic oxidation sites excluding steroid dienone is 3. The zero-order valence-corrected chi connectivity index (χ0v) is 21.2. The maximum absolute atomic E-state index is 11.2. The summed E-state index contributed by atoms with van der Waals surface area (Å²) in [4.78, 5) is 5.78. The van der Waals surface area contributed by atoms with Crippen molar-refractivity contribution >= 4 is 17.7 Å². The lowest BCUT2D eigenvalue weighted by molar-refractivity contribution is -0.277. The topological polar surface area (TPSA) is 65.8 Å². The molecule has 184 valence electrons. The van der Waals surface area contributed by atoms with E-state index < -0.39 is 28.3 Å². The number of ether oxygens (including phenoxy) is 1. The smallest absolute Gasteiger partial charge is 0.0958 e. The Kier molecular flexibility index (Phi) is 5.20. The molecule has 4 fully saturated rings. The van der Waals surface area contributed by atoms with Gasteiger partial charge in [0, 0.05) is 30.3 Å². The third-order valence-corrected chi connectivity index (χ3v) is 11.1. The number of hydrogen-bond donors (Lipinski definition) is 2. The summed E-state index contributed by atoms with van der Waals surface area (Å²) in [5, 5.41) is 22.1. The quantitative estimate of drug-likeness (QED) is 0.630. The first kappa shape index (κ1) is 23.2. The molecule has 34 heavy (non-hydrogen) atoms. The summed E-state index contributed by atoms with van der Waals surface area (Å²) < 4.78 is 7.28. The molecule has 2 saturated carbocycles. The molecule has 0 radical (unpaired) electrons. The van der Waals surface area contributed by atoms with Gasteiger partial charge >= 0.3 is 0 Å². The van der Waals surface area contributed by atoms with Crippen LogP contribution in [0.25, 0.3) is 6.08 Å². The predicted octanol–water partition coefficient (Wildman–Crippen LogP) is 4.18. The lowest BCUT2D eigenvalue weighted by atomic mass is 9.53.